The number of fused-ring (bicyclic) bond motifs is 1. The first-order valence-corrected chi connectivity index (χ1v) is 10.1. The van der Waals surface area contributed by atoms with Crippen molar-refractivity contribution in [2.45, 2.75) is 32.4 Å². The maximum absolute atomic E-state index is 12.4. The van der Waals surface area contributed by atoms with Crippen LogP contribution in [-0.4, -0.2) is 35.1 Å². The molecule has 6 heteroatoms. The van der Waals surface area contributed by atoms with E-state index in [9.17, 15) is 4.79 Å². The standard InChI is InChI=1S/C21H23N3O2S/c1-15-6-5-9-18-19(15)23-21(27-18)26-17-10-12-24(13-11-17)20(25)22-14-16-7-3-2-4-8-16/h2-9,17H,10-14H2,1H3,(H,22,25). The Kier molecular flexibility index (Phi) is 5.25. The number of para-hydroxylation sites is 1. The summed E-state index contributed by atoms with van der Waals surface area (Å²) in [6, 6.07) is 16.1. The number of aryl methyl sites for hydroxylation is 1. The highest BCUT2D eigenvalue weighted by Gasteiger charge is 2.24. The van der Waals surface area contributed by atoms with Gasteiger partial charge < -0.3 is 15.0 Å². The van der Waals surface area contributed by atoms with Gasteiger partial charge in [-0.15, -0.1) is 0 Å². The molecule has 0 spiro atoms. The van der Waals surface area contributed by atoms with Crippen LogP contribution >= 0.6 is 11.3 Å². The van der Waals surface area contributed by atoms with Gasteiger partial charge in [-0.25, -0.2) is 9.78 Å². The minimum Gasteiger partial charge on any atom is -0.467 e. The van der Waals surface area contributed by atoms with Crippen molar-refractivity contribution in [3.8, 4) is 5.19 Å². The normalized spacial score (nSPS) is 15.1. The van der Waals surface area contributed by atoms with Gasteiger partial charge >= 0.3 is 6.03 Å². The Morgan fingerprint density at radius 3 is 2.70 bits per heavy atom. The molecule has 0 saturated carbocycles. The molecule has 1 aliphatic rings. The Balaban J connectivity index is 1.28. The van der Waals surface area contributed by atoms with E-state index in [1.165, 1.54) is 5.56 Å². The second-order valence-corrected chi connectivity index (χ2v) is 7.84. The number of hydrogen-bond donors (Lipinski definition) is 1. The van der Waals surface area contributed by atoms with Gasteiger partial charge in [0.1, 0.15) is 6.10 Å². The minimum atomic E-state index is -0.00656. The van der Waals surface area contributed by atoms with Crippen LogP contribution in [0.3, 0.4) is 0 Å². The van der Waals surface area contributed by atoms with Crippen LogP contribution in [0, 0.1) is 6.92 Å². The van der Waals surface area contributed by atoms with E-state index in [1.807, 2.05) is 41.3 Å². The zero-order valence-electron chi connectivity index (χ0n) is 15.4. The first-order valence-electron chi connectivity index (χ1n) is 9.28. The molecule has 1 N–H and O–H groups in total. The highest BCUT2D eigenvalue weighted by atomic mass is 32.1. The minimum absolute atomic E-state index is 0.00656. The molecular weight excluding hydrogens is 358 g/mol. The van der Waals surface area contributed by atoms with Gasteiger partial charge in [0.25, 0.3) is 5.19 Å². The quantitative estimate of drug-likeness (QED) is 0.731. The molecule has 140 valence electrons. The number of nitrogens with zero attached hydrogens (tertiary/aromatic N) is 2. The van der Waals surface area contributed by atoms with Gasteiger partial charge in [0.15, 0.2) is 0 Å². The molecule has 1 aliphatic heterocycles. The Morgan fingerprint density at radius 1 is 1.19 bits per heavy atom. The van der Waals surface area contributed by atoms with Gasteiger partial charge in [0.2, 0.25) is 0 Å². The van der Waals surface area contributed by atoms with Crippen LogP contribution in [-0.2, 0) is 6.54 Å². The Morgan fingerprint density at radius 2 is 1.96 bits per heavy atom. The summed E-state index contributed by atoms with van der Waals surface area (Å²) in [4.78, 5) is 18.8. The number of likely N-dealkylation sites (tertiary alicyclic amines) is 1. The third-order valence-electron chi connectivity index (χ3n) is 4.88. The van der Waals surface area contributed by atoms with Crippen LogP contribution < -0.4 is 10.1 Å². The van der Waals surface area contributed by atoms with Crippen molar-refractivity contribution < 1.29 is 9.53 Å². The molecule has 4 rings (SSSR count). The fourth-order valence-electron chi connectivity index (χ4n) is 3.32. The number of rotatable bonds is 4. The fourth-order valence-corrected chi connectivity index (χ4v) is 4.28. The molecule has 0 bridgehead atoms. The van der Waals surface area contributed by atoms with Gasteiger partial charge in [0.05, 0.1) is 10.2 Å². The first kappa shape index (κ1) is 17.8. The van der Waals surface area contributed by atoms with Crippen LogP contribution in [0.1, 0.15) is 24.0 Å². The van der Waals surface area contributed by atoms with E-state index in [-0.39, 0.29) is 12.1 Å². The number of amides is 2. The third kappa shape index (κ3) is 4.22. The molecule has 27 heavy (non-hydrogen) atoms. The number of aromatic nitrogens is 1. The predicted octanol–water partition coefficient (Wildman–Crippen LogP) is 4.36. The zero-order chi connectivity index (χ0) is 18.6. The monoisotopic (exact) mass is 381 g/mol. The number of carbonyl (C=O) groups is 1. The fraction of sp³-hybridized carbons (Fsp3) is 0.333. The van der Waals surface area contributed by atoms with Gasteiger partial charge in [-0.3, -0.25) is 0 Å². The highest BCUT2D eigenvalue weighted by molar-refractivity contribution is 7.20. The van der Waals surface area contributed by atoms with Crippen LogP contribution in [0.2, 0.25) is 0 Å². The van der Waals surface area contributed by atoms with E-state index in [0.29, 0.717) is 19.6 Å². The van der Waals surface area contributed by atoms with E-state index in [2.05, 4.69) is 29.4 Å². The second-order valence-electron chi connectivity index (χ2n) is 6.85. The molecule has 1 saturated heterocycles. The average Bonchev–Trinajstić information content (AvgIpc) is 3.11. The summed E-state index contributed by atoms with van der Waals surface area (Å²) in [6.45, 7) is 4.03. The van der Waals surface area contributed by atoms with Crippen molar-refractivity contribution in [3.63, 3.8) is 0 Å². The summed E-state index contributed by atoms with van der Waals surface area (Å²) in [5.41, 5.74) is 3.30. The van der Waals surface area contributed by atoms with Crippen molar-refractivity contribution in [2.75, 3.05) is 13.1 Å². The van der Waals surface area contributed by atoms with Crippen molar-refractivity contribution in [1.82, 2.24) is 15.2 Å². The summed E-state index contributed by atoms with van der Waals surface area (Å²) < 4.78 is 7.26. The molecule has 1 fully saturated rings. The summed E-state index contributed by atoms with van der Waals surface area (Å²) in [7, 11) is 0. The number of urea groups is 1. The lowest BCUT2D eigenvalue weighted by molar-refractivity contribution is 0.111. The van der Waals surface area contributed by atoms with Crippen molar-refractivity contribution >= 4 is 27.6 Å². The molecule has 0 unspecified atom stereocenters. The predicted molar refractivity (Wildman–Crippen MR) is 108 cm³/mol. The molecule has 2 heterocycles. The molecule has 0 radical (unpaired) electrons. The second kappa shape index (κ2) is 7.96. The molecular formula is C21H23N3O2S. The Labute approximate surface area is 163 Å². The van der Waals surface area contributed by atoms with Gasteiger partial charge in [-0.05, 0) is 24.1 Å². The number of ether oxygens (including phenoxy) is 1. The molecule has 0 aliphatic carbocycles. The molecule has 5 nitrogen and oxygen atoms in total. The lowest BCUT2D eigenvalue weighted by Gasteiger charge is -2.31. The zero-order valence-corrected chi connectivity index (χ0v) is 16.2. The third-order valence-corrected chi connectivity index (χ3v) is 5.80. The van der Waals surface area contributed by atoms with Gasteiger partial charge in [-0.1, -0.05) is 53.8 Å². The van der Waals surface area contributed by atoms with Crippen molar-refractivity contribution in [2.24, 2.45) is 0 Å². The van der Waals surface area contributed by atoms with Crippen LogP contribution in [0.15, 0.2) is 48.5 Å². The molecule has 0 atom stereocenters. The van der Waals surface area contributed by atoms with Gasteiger partial charge in [0, 0.05) is 32.5 Å². The summed E-state index contributed by atoms with van der Waals surface area (Å²) in [5, 5.41) is 3.72. The van der Waals surface area contributed by atoms with Crippen LogP contribution in [0.25, 0.3) is 10.2 Å². The molecule has 2 amide bonds. The number of piperidine rings is 1. The van der Waals surface area contributed by atoms with Crippen molar-refractivity contribution in [3.05, 3.63) is 59.7 Å². The molecule has 3 aromatic rings. The molecule has 2 aromatic carbocycles. The number of benzene rings is 2. The van der Waals surface area contributed by atoms with E-state index in [4.69, 9.17) is 4.74 Å². The number of thiazole rings is 1. The highest BCUT2D eigenvalue weighted by Crippen LogP contribution is 2.31. The summed E-state index contributed by atoms with van der Waals surface area (Å²) in [5.74, 6) is 0. The number of carbonyl (C=O) groups excluding carboxylic acids is 1. The lowest BCUT2D eigenvalue weighted by Crippen LogP contribution is -2.46. The topological polar surface area (TPSA) is 54.5 Å². The smallest absolute Gasteiger partial charge is 0.317 e. The van der Waals surface area contributed by atoms with E-state index >= 15 is 0 Å². The summed E-state index contributed by atoms with van der Waals surface area (Å²) in [6.07, 6.45) is 1.77. The number of nitrogens with one attached hydrogen (secondary N) is 1. The van der Waals surface area contributed by atoms with Crippen molar-refractivity contribution in [1.29, 1.82) is 0 Å². The van der Waals surface area contributed by atoms with E-state index < -0.39 is 0 Å². The first-order chi connectivity index (χ1) is 13.2. The van der Waals surface area contributed by atoms with E-state index in [0.717, 1.165) is 33.8 Å². The lowest BCUT2D eigenvalue weighted by atomic mass is 10.1. The maximum Gasteiger partial charge on any atom is 0.317 e. The molecule has 1 aromatic heterocycles. The maximum atomic E-state index is 12.4. The largest absolute Gasteiger partial charge is 0.467 e. The summed E-state index contributed by atoms with van der Waals surface area (Å²) >= 11 is 1.59. The average molecular weight is 382 g/mol. The van der Waals surface area contributed by atoms with Gasteiger partial charge in [-0.2, -0.15) is 0 Å². The van der Waals surface area contributed by atoms with Crippen LogP contribution in [0.5, 0.6) is 5.19 Å². The van der Waals surface area contributed by atoms with Crippen LogP contribution in [0.4, 0.5) is 4.79 Å². The SMILES string of the molecule is Cc1cccc2sc(OC3CCN(C(=O)NCc4ccccc4)CC3)nc12. The Hall–Kier alpha value is -2.60. The number of hydrogen-bond acceptors (Lipinski definition) is 4. The Bertz CT molecular complexity index is 918. The van der Waals surface area contributed by atoms with E-state index in [1.54, 1.807) is 11.3 Å².